The van der Waals surface area contributed by atoms with Gasteiger partial charge in [0.1, 0.15) is 5.75 Å². The molecule has 2 nitrogen and oxygen atoms in total. The molecule has 0 amide bonds. The normalized spacial score (nSPS) is 20.7. The highest BCUT2D eigenvalue weighted by molar-refractivity contribution is 9.11. The zero-order valence-corrected chi connectivity index (χ0v) is 10.1. The molecular weight excluding hydrogens is 298 g/mol. The second kappa shape index (κ2) is 3.59. The molecule has 70 valence electrons. The lowest BCUT2D eigenvalue weighted by Crippen LogP contribution is -2.20. The van der Waals surface area contributed by atoms with E-state index in [4.69, 9.17) is 10.5 Å². The van der Waals surface area contributed by atoms with E-state index in [1.54, 1.807) is 0 Å². The minimum Gasteiger partial charge on any atom is -0.492 e. The second-order valence-corrected chi connectivity index (χ2v) is 4.82. The van der Waals surface area contributed by atoms with Crippen LogP contribution in [0.3, 0.4) is 0 Å². The first-order valence-electron chi connectivity index (χ1n) is 4.06. The maximum Gasteiger partial charge on any atom is 0.138 e. The molecule has 0 saturated heterocycles. The third-order valence-corrected chi connectivity index (χ3v) is 3.16. The summed E-state index contributed by atoms with van der Waals surface area (Å²) >= 11 is 6.88. The van der Waals surface area contributed by atoms with Crippen LogP contribution in [0.4, 0.5) is 0 Å². The Labute approximate surface area is 93.7 Å². The van der Waals surface area contributed by atoms with Gasteiger partial charge in [0.25, 0.3) is 0 Å². The van der Waals surface area contributed by atoms with Gasteiger partial charge >= 0.3 is 0 Å². The number of ether oxygens (including phenoxy) is 1. The number of rotatable bonds is 0. The molecule has 0 fully saturated rings. The van der Waals surface area contributed by atoms with Crippen LogP contribution >= 0.6 is 31.9 Å². The van der Waals surface area contributed by atoms with Crippen LogP contribution in [0.2, 0.25) is 0 Å². The quantitative estimate of drug-likeness (QED) is 0.800. The average molecular weight is 307 g/mol. The SMILES string of the molecule is N[C@@H]1CCOc2c(Br)cc(Br)cc21. The first-order chi connectivity index (χ1) is 6.18. The van der Waals surface area contributed by atoms with Gasteiger partial charge in [-0.3, -0.25) is 0 Å². The minimum atomic E-state index is 0.0950. The van der Waals surface area contributed by atoms with Gasteiger partial charge in [0.15, 0.2) is 0 Å². The smallest absolute Gasteiger partial charge is 0.138 e. The van der Waals surface area contributed by atoms with E-state index in [9.17, 15) is 0 Å². The maximum atomic E-state index is 5.96. The van der Waals surface area contributed by atoms with Gasteiger partial charge in [-0.25, -0.2) is 0 Å². The first-order valence-corrected chi connectivity index (χ1v) is 5.64. The average Bonchev–Trinajstić information content (AvgIpc) is 2.07. The van der Waals surface area contributed by atoms with E-state index in [1.807, 2.05) is 12.1 Å². The Morgan fingerprint density at radius 3 is 2.92 bits per heavy atom. The number of benzene rings is 1. The summed E-state index contributed by atoms with van der Waals surface area (Å²) in [5, 5.41) is 0. The predicted molar refractivity (Wildman–Crippen MR) is 58.9 cm³/mol. The van der Waals surface area contributed by atoms with Crippen molar-refractivity contribution in [1.29, 1.82) is 0 Å². The van der Waals surface area contributed by atoms with Crippen LogP contribution in [0.5, 0.6) is 5.75 Å². The van der Waals surface area contributed by atoms with Gasteiger partial charge in [-0.05, 0) is 28.1 Å². The van der Waals surface area contributed by atoms with Crippen LogP contribution in [0.15, 0.2) is 21.1 Å². The van der Waals surface area contributed by atoms with Gasteiger partial charge < -0.3 is 10.5 Å². The van der Waals surface area contributed by atoms with Crippen molar-refractivity contribution in [3.8, 4) is 5.75 Å². The fourth-order valence-electron chi connectivity index (χ4n) is 1.45. The first kappa shape index (κ1) is 9.49. The van der Waals surface area contributed by atoms with Crippen molar-refractivity contribution in [2.24, 2.45) is 5.73 Å². The Morgan fingerprint density at radius 1 is 1.38 bits per heavy atom. The Kier molecular flexibility index (Phi) is 2.62. The van der Waals surface area contributed by atoms with E-state index in [1.165, 1.54) is 0 Å². The molecule has 0 bridgehead atoms. The van der Waals surface area contributed by atoms with Crippen molar-refractivity contribution in [1.82, 2.24) is 0 Å². The zero-order chi connectivity index (χ0) is 9.42. The molecule has 0 saturated carbocycles. The summed E-state index contributed by atoms with van der Waals surface area (Å²) in [4.78, 5) is 0. The molecule has 2 rings (SSSR count). The van der Waals surface area contributed by atoms with Gasteiger partial charge in [0.2, 0.25) is 0 Å². The lowest BCUT2D eigenvalue weighted by atomic mass is 10.0. The van der Waals surface area contributed by atoms with Crippen LogP contribution in [0, 0.1) is 0 Å². The van der Waals surface area contributed by atoms with Gasteiger partial charge in [-0.1, -0.05) is 15.9 Å². The number of hydrogen-bond donors (Lipinski definition) is 1. The highest BCUT2D eigenvalue weighted by atomic mass is 79.9. The molecule has 0 spiro atoms. The maximum absolute atomic E-state index is 5.96. The molecule has 1 heterocycles. The van der Waals surface area contributed by atoms with Crippen LogP contribution < -0.4 is 10.5 Å². The van der Waals surface area contributed by atoms with Gasteiger partial charge in [0.05, 0.1) is 11.1 Å². The van der Waals surface area contributed by atoms with E-state index in [2.05, 4.69) is 31.9 Å². The molecular formula is C9H9Br2NO. The number of fused-ring (bicyclic) bond motifs is 1. The largest absolute Gasteiger partial charge is 0.492 e. The van der Waals surface area contributed by atoms with Crippen molar-refractivity contribution >= 4 is 31.9 Å². The van der Waals surface area contributed by atoms with E-state index in [-0.39, 0.29) is 6.04 Å². The molecule has 0 aliphatic carbocycles. The third-order valence-electron chi connectivity index (χ3n) is 2.11. The highest BCUT2D eigenvalue weighted by Crippen LogP contribution is 2.39. The summed E-state index contributed by atoms with van der Waals surface area (Å²) in [6.45, 7) is 0.703. The van der Waals surface area contributed by atoms with E-state index < -0.39 is 0 Å². The Bertz CT molecular complexity index is 341. The predicted octanol–water partition coefficient (Wildman–Crippen LogP) is 2.99. The van der Waals surface area contributed by atoms with Gasteiger partial charge in [-0.15, -0.1) is 0 Å². The van der Waals surface area contributed by atoms with Crippen molar-refractivity contribution in [2.45, 2.75) is 12.5 Å². The fraction of sp³-hybridized carbons (Fsp3) is 0.333. The van der Waals surface area contributed by atoms with Crippen LogP contribution in [0.25, 0.3) is 0 Å². The highest BCUT2D eigenvalue weighted by Gasteiger charge is 2.20. The Balaban J connectivity index is 2.56. The molecule has 4 heteroatoms. The monoisotopic (exact) mass is 305 g/mol. The molecule has 13 heavy (non-hydrogen) atoms. The number of nitrogens with two attached hydrogens (primary N) is 1. The van der Waals surface area contributed by atoms with Crippen molar-refractivity contribution in [3.05, 3.63) is 26.6 Å². The number of hydrogen-bond acceptors (Lipinski definition) is 2. The second-order valence-electron chi connectivity index (χ2n) is 3.05. The Hall–Kier alpha value is -0.0600. The summed E-state index contributed by atoms with van der Waals surface area (Å²) in [5.74, 6) is 0.891. The standard InChI is InChI=1S/C9H9Br2NO/c10-5-3-6-8(12)1-2-13-9(6)7(11)4-5/h3-4,8H,1-2,12H2/t8-/m1/s1. The van der Waals surface area contributed by atoms with Crippen molar-refractivity contribution in [2.75, 3.05) is 6.61 Å². The molecule has 1 atom stereocenters. The van der Waals surface area contributed by atoms with E-state index >= 15 is 0 Å². The number of halogens is 2. The van der Waals surface area contributed by atoms with Crippen molar-refractivity contribution in [3.63, 3.8) is 0 Å². The molecule has 1 aliphatic heterocycles. The minimum absolute atomic E-state index is 0.0950. The zero-order valence-electron chi connectivity index (χ0n) is 6.89. The van der Waals surface area contributed by atoms with Crippen molar-refractivity contribution < 1.29 is 4.74 Å². The van der Waals surface area contributed by atoms with Gasteiger partial charge in [0, 0.05) is 22.5 Å². The van der Waals surface area contributed by atoms with E-state index in [0.717, 1.165) is 26.7 Å². The molecule has 1 aromatic carbocycles. The third kappa shape index (κ3) is 1.75. The summed E-state index contributed by atoms with van der Waals surface area (Å²) < 4.78 is 7.52. The fourth-order valence-corrected chi connectivity index (χ4v) is 2.82. The van der Waals surface area contributed by atoms with Gasteiger partial charge in [-0.2, -0.15) is 0 Å². The van der Waals surface area contributed by atoms with E-state index in [0.29, 0.717) is 6.61 Å². The lowest BCUT2D eigenvalue weighted by molar-refractivity contribution is 0.267. The molecule has 1 aliphatic rings. The molecule has 0 radical (unpaired) electrons. The Morgan fingerprint density at radius 2 is 2.15 bits per heavy atom. The van der Waals surface area contributed by atoms with Crippen LogP contribution in [-0.4, -0.2) is 6.61 Å². The summed E-state index contributed by atoms with van der Waals surface area (Å²) in [6.07, 6.45) is 0.885. The summed E-state index contributed by atoms with van der Waals surface area (Å²) in [7, 11) is 0. The van der Waals surface area contributed by atoms with Crippen LogP contribution in [0.1, 0.15) is 18.0 Å². The molecule has 0 aromatic heterocycles. The lowest BCUT2D eigenvalue weighted by Gasteiger charge is -2.24. The van der Waals surface area contributed by atoms with Crippen LogP contribution in [-0.2, 0) is 0 Å². The molecule has 0 unspecified atom stereocenters. The molecule has 2 N–H and O–H groups in total. The summed E-state index contributed by atoms with van der Waals surface area (Å²) in [5.41, 5.74) is 7.04. The topological polar surface area (TPSA) is 35.2 Å². The molecule has 1 aromatic rings. The summed E-state index contributed by atoms with van der Waals surface area (Å²) in [6, 6.07) is 4.08.